The standard InChI is InChI=1S/C7H11NO5.C2H4O2.ClH/c1-4(9)13-6(10)3-2-5(8)7(11)12;1-2(3)4;/h5H,2-3,8H2,1H3,(H,11,12);1H3,(H,3,4);1H/t5-;;/m0../s1. The minimum atomic E-state index is -1.18. The van der Waals surface area contributed by atoms with Crippen LogP contribution in [0, 0.1) is 0 Å². The Labute approximate surface area is 110 Å². The summed E-state index contributed by atoms with van der Waals surface area (Å²) in [7, 11) is 0. The highest BCUT2D eigenvalue weighted by molar-refractivity contribution is 5.85. The molecule has 4 N–H and O–H groups in total. The van der Waals surface area contributed by atoms with Gasteiger partial charge in [-0.15, -0.1) is 12.4 Å². The van der Waals surface area contributed by atoms with Gasteiger partial charge >= 0.3 is 17.9 Å². The molecule has 106 valence electrons. The lowest BCUT2D eigenvalue weighted by molar-refractivity contribution is -0.158. The van der Waals surface area contributed by atoms with E-state index in [0.29, 0.717) is 0 Å². The topological polar surface area (TPSA) is 144 Å². The molecule has 0 aromatic heterocycles. The summed E-state index contributed by atoms with van der Waals surface area (Å²) >= 11 is 0. The second-order valence-electron chi connectivity index (χ2n) is 2.97. The number of carboxylic acids is 2. The van der Waals surface area contributed by atoms with Gasteiger partial charge in [0.1, 0.15) is 6.04 Å². The minimum absolute atomic E-state index is 0. The molecule has 1 atom stereocenters. The molecule has 0 aromatic carbocycles. The third kappa shape index (κ3) is 19.8. The van der Waals surface area contributed by atoms with Crippen molar-refractivity contribution in [1.29, 1.82) is 0 Å². The first kappa shape index (κ1) is 21.6. The van der Waals surface area contributed by atoms with E-state index in [1.165, 1.54) is 0 Å². The van der Waals surface area contributed by atoms with Crippen LogP contribution < -0.4 is 5.73 Å². The summed E-state index contributed by atoms with van der Waals surface area (Å²) in [5.74, 6) is -3.49. The highest BCUT2D eigenvalue weighted by Crippen LogP contribution is 1.97. The van der Waals surface area contributed by atoms with Crippen LogP contribution in [0.5, 0.6) is 0 Å². The van der Waals surface area contributed by atoms with Gasteiger partial charge in [-0.25, -0.2) is 0 Å². The van der Waals surface area contributed by atoms with Crippen LogP contribution >= 0.6 is 12.4 Å². The molecule has 9 heteroatoms. The lowest BCUT2D eigenvalue weighted by atomic mass is 10.2. The zero-order chi connectivity index (χ0) is 14.0. The van der Waals surface area contributed by atoms with E-state index >= 15 is 0 Å². The number of carbonyl (C=O) groups excluding carboxylic acids is 2. The summed E-state index contributed by atoms with van der Waals surface area (Å²) in [4.78, 5) is 40.1. The second kappa shape index (κ2) is 11.8. The Morgan fingerprint density at radius 1 is 1.17 bits per heavy atom. The summed E-state index contributed by atoms with van der Waals surface area (Å²) in [6.45, 7) is 2.18. The van der Waals surface area contributed by atoms with E-state index in [9.17, 15) is 14.4 Å². The number of halogens is 1. The summed E-state index contributed by atoms with van der Waals surface area (Å²) in [5, 5.41) is 15.7. The number of carboxylic acid groups (broad SMARTS) is 2. The Bertz CT molecular complexity index is 301. The van der Waals surface area contributed by atoms with Gasteiger partial charge in [0.15, 0.2) is 0 Å². The van der Waals surface area contributed by atoms with E-state index in [1.807, 2.05) is 0 Å². The molecule has 18 heavy (non-hydrogen) atoms. The van der Waals surface area contributed by atoms with Gasteiger partial charge in [0.25, 0.3) is 5.97 Å². The molecule has 0 aliphatic rings. The maximum Gasteiger partial charge on any atom is 0.320 e. The lowest BCUT2D eigenvalue weighted by Gasteiger charge is -2.04. The van der Waals surface area contributed by atoms with Gasteiger partial charge < -0.3 is 20.7 Å². The van der Waals surface area contributed by atoms with Crippen molar-refractivity contribution < 1.29 is 34.1 Å². The first-order chi connectivity index (χ1) is 7.66. The maximum atomic E-state index is 10.7. The maximum absolute atomic E-state index is 10.7. The number of rotatable bonds is 4. The fourth-order valence-electron chi connectivity index (χ4n) is 0.608. The van der Waals surface area contributed by atoms with Gasteiger partial charge in [0.2, 0.25) is 0 Å². The van der Waals surface area contributed by atoms with Crippen LogP contribution in [0.15, 0.2) is 0 Å². The Kier molecular flexibility index (Phi) is 14.2. The molecular formula is C9H16ClNO7. The third-order valence-electron chi connectivity index (χ3n) is 1.23. The van der Waals surface area contributed by atoms with Crippen molar-refractivity contribution in [2.24, 2.45) is 5.73 Å². The Hall–Kier alpha value is -1.67. The molecule has 0 aliphatic carbocycles. The first-order valence-corrected chi connectivity index (χ1v) is 4.56. The molecule has 0 rings (SSSR count). The highest BCUT2D eigenvalue weighted by atomic mass is 35.5. The number of ether oxygens (including phenoxy) is 1. The van der Waals surface area contributed by atoms with Crippen molar-refractivity contribution in [3.8, 4) is 0 Å². The number of hydrogen-bond acceptors (Lipinski definition) is 6. The normalized spacial score (nSPS) is 9.94. The summed E-state index contributed by atoms with van der Waals surface area (Å²) in [6.07, 6.45) is -0.214. The molecule has 0 fully saturated rings. The average molecular weight is 286 g/mol. The molecule has 0 spiro atoms. The largest absolute Gasteiger partial charge is 0.481 e. The number of hydrogen-bond donors (Lipinski definition) is 3. The van der Waals surface area contributed by atoms with Gasteiger partial charge in [-0.05, 0) is 6.42 Å². The average Bonchev–Trinajstić information content (AvgIpc) is 2.11. The van der Waals surface area contributed by atoms with Gasteiger partial charge in [-0.1, -0.05) is 0 Å². The van der Waals surface area contributed by atoms with E-state index in [1.54, 1.807) is 0 Å². The monoisotopic (exact) mass is 285 g/mol. The predicted molar refractivity (Wildman–Crippen MR) is 62.2 cm³/mol. The molecule has 0 amide bonds. The molecule has 0 bridgehead atoms. The van der Waals surface area contributed by atoms with E-state index in [0.717, 1.165) is 13.8 Å². The van der Waals surface area contributed by atoms with Crippen LogP contribution in [-0.4, -0.2) is 40.1 Å². The highest BCUT2D eigenvalue weighted by Gasteiger charge is 2.14. The Balaban J connectivity index is -0.000000392. The summed E-state index contributed by atoms with van der Waals surface area (Å²) in [6, 6.07) is -1.10. The quantitative estimate of drug-likeness (QED) is 0.475. The van der Waals surface area contributed by atoms with E-state index in [2.05, 4.69) is 4.74 Å². The van der Waals surface area contributed by atoms with Crippen LogP contribution in [0.25, 0.3) is 0 Å². The zero-order valence-corrected chi connectivity index (χ0v) is 10.7. The van der Waals surface area contributed by atoms with E-state index in [4.69, 9.17) is 20.7 Å². The first-order valence-electron chi connectivity index (χ1n) is 4.56. The molecule has 0 saturated heterocycles. The molecule has 0 unspecified atom stereocenters. The summed E-state index contributed by atoms with van der Waals surface area (Å²) in [5.41, 5.74) is 5.10. The molecule has 0 radical (unpaired) electrons. The fourth-order valence-corrected chi connectivity index (χ4v) is 0.608. The minimum Gasteiger partial charge on any atom is -0.481 e. The molecule has 8 nitrogen and oxygen atoms in total. The summed E-state index contributed by atoms with van der Waals surface area (Å²) < 4.78 is 4.15. The molecule has 0 saturated carbocycles. The lowest BCUT2D eigenvalue weighted by Crippen LogP contribution is -2.30. The van der Waals surface area contributed by atoms with Gasteiger partial charge in [-0.3, -0.25) is 19.2 Å². The molecule has 0 heterocycles. The van der Waals surface area contributed by atoms with Crippen molar-refractivity contribution >= 4 is 36.3 Å². The van der Waals surface area contributed by atoms with Crippen LogP contribution in [-0.2, 0) is 23.9 Å². The van der Waals surface area contributed by atoms with Gasteiger partial charge in [-0.2, -0.15) is 0 Å². The third-order valence-corrected chi connectivity index (χ3v) is 1.23. The predicted octanol–water partition coefficient (Wildman–Crippen LogP) is -0.219. The number of esters is 2. The van der Waals surface area contributed by atoms with Gasteiger partial charge in [0.05, 0.1) is 0 Å². The molecule has 0 aliphatic heterocycles. The SMILES string of the molecule is CC(=O)O.CC(=O)OC(=O)CC[C@H](N)C(=O)O.Cl. The fraction of sp³-hybridized carbons (Fsp3) is 0.556. The van der Waals surface area contributed by atoms with Crippen LogP contribution in [0.2, 0.25) is 0 Å². The van der Waals surface area contributed by atoms with E-state index < -0.39 is 29.9 Å². The van der Waals surface area contributed by atoms with E-state index in [-0.39, 0.29) is 25.2 Å². The smallest absolute Gasteiger partial charge is 0.320 e. The van der Waals surface area contributed by atoms with Crippen molar-refractivity contribution in [2.45, 2.75) is 32.7 Å². The van der Waals surface area contributed by atoms with Crippen molar-refractivity contribution in [2.75, 3.05) is 0 Å². The number of carbonyl (C=O) groups is 4. The molecule has 0 aromatic rings. The van der Waals surface area contributed by atoms with Crippen molar-refractivity contribution in [3.63, 3.8) is 0 Å². The second-order valence-corrected chi connectivity index (χ2v) is 2.97. The van der Waals surface area contributed by atoms with Gasteiger partial charge in [0, 0.05) is 20.3 Å². The van der Waals surface area contributed by atoms with Crippen LogP contribution in [0.1, 0.15) is 26.7 Å². The van der Waals surface area contributed by atoms with Crippen LogP contribution in [0.4, 0.5) is 0 Å². The molecular weight excluding hydrogens is 270 g/mol. The Morgan fingerprint density at radius 3 is 1.83 bits per heavy atom. The van der Waals surface area contributed by atoms with Crippen molar-refractivity contribution in [1.82, 2.24) is 0 Å². The zero-order valence-electron chi connectivity index (χ0n) is 9.91. The number of nitrogens with two attached hydrogens (primary N) is 1. The van der Waals surface area contributed by atoms with Crippen LogP contribution in [0.3, 0.4) is 0 Å². The Morgan fingerprint density at radius 2 is 1.56 bits per heavy atom. The number of aliphatic carboxylic acids is 2. The van der Waals surface area contributed by atoms with Crippen molar-refractivity contribution in [3.05, 3.63) is 0 Å².